The number of nitrogens with one attached hydrogen (secondary N) is 1. The van der Waals surface area contributed by atoms with Crippen molar-refractivity contribution in [2.75, 3.05) is 20.2 Å². The van der Waals surface area contributed by atoms with Gasteiger partial charge in [-0.3, -0.25) is 14.2 Å². The third-order valence-corrected chi connectivity index (χ3v) is 9.27. The molecule has 2 aliphatic rings. The molecule has 4 aromatic rings. The second-order valence-electron chi connectivity index (χ2n) is 11.8. The first kappa shape index (κ1) is 29.1. The van der Waals surface area contributed by atoms with Gasteiger partial charge in [0.2, 0.25) is 0 Å². The van der Waals surface area contributed by atoms with Crippen LogP contribution in [0, 0.1) is 6.92 Å². The fraction of sp³-hybridized carbons (Fsp3) is 0.343. The maximum atomic E-state index is 14.6. The first-order valence-electron chi connectivity index (χ1n) is 15.0. The summed E-state index contributed by atoms with van der Waals surface area (Å²) in [6, 6.07) is 16.4. The van der Waals surface area contributed by atoms with Crippen molar-refractivity contribution in [3.8, 4) is 33.3 Å². The predicted molar refractivity (Wildman–Crippen MR) is 174 cm³/mol. The monoisotopic (exact) mass is 594 g/mol. The number of methoxy groups -OCH3 is 1. The molecule has 222 valence electrons. The Bertz CT molecular complexity index is 1750. The molecule has 0 spiro atoms. The molecule has 0 saturated carbocycles. The van der Waals surface area contributed by atoms with Crippen LogP contribution in [0.25, 0.3) is 33.6 Å². The number of carbonyl (C=O) groups excluding carboxylic acids is 1. The number of allylic oxidation sites excluding steroid dienone is 1. The summed E-state index contributed by atoms with van der Waals surface area (Å²) in [5.41, 5.74) is 6.96. The second kappa shape index (κ2) is 11.9. The summed E-state index contributed by atoms with van der Waals surface area (Å²) < 4.78 is 7.30. The smallest absolute Gasteiger partial charge is 0.265 e. The number of likely N-dealkylation sites (tertiary alicyclic amines) is 1. The van der Waals surface area contributed by atoms with Gasteiger partial charge < -0.3 is 15.0 Å². The molecule has 2 fully saturated rings. The number of aromatic nitrogens is 2. The average molecular weight is 595 g/mol. The Morgan fingerprint density at radius 3 is 2.47 bits per heavy atom. The van der Waals surface area contributed by atoms with Crippen molar-refractivity contribution in [2.45, 2.75) is 59.0 Å². The standard InChI is InChI=1S/C35H38N4O3S/c1-6-23-11-14-27(42-5)16-31(23)39-32(15-21(2)3)28(34(40)38-18-25-12-13-26(19-38)36-25)17-29(35(39)41)33-37-30(20-43-33)24-9-7-22(4)8-10-24/h7-11,14-17,20,25-26,36H,6,12-13,18-19H2,1-5H3. The highest BCUT2D eigenvalue weighted by Gasteiger charge is 2.36. The molecule has 2 unspecified atom stereocenters. The van der Waals surface area contributed by atoms with Gasteiger partial charge in [-0.2, -0.15) is 0 Å². The lowest BCUT2D eigenvalue weighted by Crippen LogP contribution is -2.53. The summed E-state index contributed by atoms with van der Waals surface area (Å²) in [4.78, 5) is 35.9. The quantitative estimate of drug-likeness (QED) is 0.264. The van der Waals surface area contributed by atoms with Crippen LogP contribution in [0.3, 0.4) is 0 Å². The van der Waals surface area contributed by atoms with Crippen LogP contribution < -0.4 is 15.6 Å². The predicted octanol–water partition coefficient (Wildman–Crippen LogP) is 6.51. The molecule has 43 heavy (non-hydrogen) atoms. The Kier molecular flexibility index (Phi) is 8.07. The van der Waals surface area contributed by atoms with Crippen LogP contribution in [0.15, 0.2) is 64.3 Å². The summed E-state index contributed by atoms with van der Waals surface area (Å²) >= 11 is 1.42. The van der Waals surface area contributed by atoms with Gasteiger partial charge in [-0.25, -0.2) is 4.98 Å². The number of nitrogens with zero attached hydrogens (tertiary/aromatic N) is 3. The highest BCUT2D eigenvalue weighted by atomic mass is 32.1. The Labute approximate surface area is 256 Å². The molecule has 2 bridgehead atoms. The zero-order valence-electron chi connectivity index (χ0n) is 25.4. The fourth-order valence-corrected chi connectivity index (χ4v) is 7.01. The number of fused-ring (bicyclic) bond motifs is 2. The van der Waals surface area contributed by atoms with Gasteiger partial charge in [-0.15, -0.1) is 11.3 Å². The van der Waals surface area contributed by atoms with Crippen LogP contribution in [-0.4, -0.2) is 52.6 Å². The van der Waals surface area contributed by atoms with E-state index in [-0.39, 0.29) is 11.5 Å². The Hall–Kier alpha value is -4.01. The first-order chi connectivity index (χ1) is 20.7. The number of thiazole rings is 1. The molecule has 7 nitrogen and oxygen atoms in total. The summed E-state index contributed by atoms with van der Waals surface area (Å²) in [5, 5.41) is 6.19. The number of amides is 1. The molecular formula is C35H38N4O3S. The normalized spacial score (nSPS) is 17.7. The van der Waals surface area contributed by atoms with E-state index in [9.17, 15) is 9.59 Å². The van der Waals surface area contributed by atoms with Gasteiger partial charge in [0.1, 0.15) is 10.8 Å². The van der Waals surface area contributed by atoms with E-state index < -0.39 is 0 Å². The zero-order chi connectivity index (χ0) is 30.2. The van der Waals surface area contributed by atoms with Gasteiger partial charge in [0.15, 0.2) is 0 Å². The van der Waals surface area contributed by atoms with E-state index in [1.165, 1.54) is 16.9 Å². The van der Waals surface area contributed by atoms with Gasteiger partial charge in [-0.05, 0) is 63.8 Å². The van der Waals surface area contributed by atoms with Gasteiger partial charge in [0.05, 0.1) is 35.3 Å². The van der Waals surface area contributed by atoms with Crippen molar-refractivity contribution in [3.05, 3.63) is 92.2 Å². The molecule has 0 radical (unpaired) electrons. The number of piperazine rings is 1. The Balaban J connectivity index is 1.60. The summed E-state index contributed by atoms with van der Waals surface area (Å²) in [6.07, 6.45) is 4.81. The number of ether oxygens (including phenoxy) is 1. The molecule has 8 heteroatoms. The summed E-state index contributed by atoms with van der Waals surface area (Å²) in [5.74, 6) is 0.590. The lowest BCUT2D eigenvalue weighted by atomic mass is 10.0. The maximum Gasteiger partial charge on any atom is 0.265 e. The first-order valence-corrected chi connectivity index (χ1v) is 15.8. The minimum Gasteiger partial charge on any atom is -0.497 e. The molecule has 1 amide bonds. The van der Waals surface area contributed by atoms with Gasteiger partial charge in [0.25, 0.3) is 11.5 Å². The Morgan fingerprint density at radius 1 is 1.09 bits per heavy atom. The molecule has 1 N–H and O–H groups in total. The highest BCUT2D eigenvalue weighted by Crippen LogP contribution is 2.32. The van der Waals surface area contributed by atoms with Gasteiger partial charge in [-0.1, -0.05) is 48.4 Å². The number of hydrogen-bond acceptors (Lipinski definition) is 6. The van der Waals surface area contributed by atoms with Crippen molar-refractivity contribution < 1.29 is 9.53 Å². The molecule has 2 aliphatic heterocycles. The van der Waals surface area contributed by atoms with Crippen LogP contribution in [0.4, 0.5) is 0 Å². The van der Waals surface area contributed by atoms with Crippen LogP contribution in [-0.2, 0) is 6.42 Å². The topological polar surface area (TPSA) is 76.5 Å². The van der Waals surface area contributed by atoms with E-state index in [2.05, 4.69) is 31.3 Å². The largest absolute Gasteiger partial charge is 0.497 e. The number of hydrogen-bond donors (Lipinski definition) is 1. The minimum atomic E-state index is -0.211. The lowest BCUT2D eigenvalue weighted by molar-refractivity contribution is 0.0696. The maximum absolute atomic E-state index is 14.6. The molecule has 6 rings (SSSR count). The molecule has 2 aromatic carbocycles. The van der Waals surface area contributed by atoms with E-state index in [1.54, 1.807) is 17.7 Å². The third kappa shape index (κ3) is 5.69. The number of aryl methyl sites for hydroxylation is 2. The van der Waals surface area contributed by atoms with Crippen LogP contribution >= 0.6 is 11.3 Å². The van der Waals surface area contributed by atoms with Crippen LogP contribution in [0.5, 0.6) is 5.75 Å². The fourth-order valence-electron chi connectivity index (χ4n) is 6.17. The number of carbonyl (C=O) groups is 1. The molecule has 2 aromatic heterocycles. The molecule has 2 atom stereocenters. The average Bonchev–Trinajstić information content (AvgIpc) is 3.62. The van der Waals surface area contributed by atoms with Crippen LogP contribution in [0.2, 0.25) is 0 Å². The van der Waals surface area contributed by atoms with Gasteiger partial charge >= 0.3 is 0 Å². The minimum absolute atomic E-state index is 0.0582. The number of rotatable bonds is 7. The van der Waals surface area contributed by atoms with Crippen molar-refractivity contribution in [1.29, 1.82) is 0 Å². The zero-order valence-corrected chi connectivity index (χ0v) is 26.3. The van der Waals surface area contributed by atoms with E-state index in [0.29, 0.717) is 64.9 Å². The van der Waals surface area contributed by atoms with Crippen molar-refractivity contribution >= 4 is 23.3 Å². The molecule has 4 heterocycles. The summed E-state index contributed by atoms with van der Waals surface area (Å²) in [7, 11) is 1.62. The third-order valence-electron chi connectivity index (χ3n) is 8.39. The number of benzene rings is 2. The summed E-state index contributed by atoms with van der Waals surface area (Å²) in [6.45, 7) is 9.42. The SMILES string of the molecule is CCc1ccc(OC)cc1-n1c(C=C(C)C)c(C(=O)N2CC3CCC(C2)N3)cc(-c2nc(-c3ccc(C)cc3)cs2)c1=O. The molecule has 0 aliphatic carbocycles. The molecular weight excluding hydrogens is 556 g/mol. The van der Waals surface area contributed by atoms with Crippen molar-refractivity contribution in [2.24, 2.45) is 0 Å². The second-order valence-corrected chi connectivity index (χ2v) is 12.7. The van der Waals surface area contributed by atoms with Crippen LogP contribution in [0.1, 0.15) is 60.8 Å². The van der Waals surface area contributed by atoms with Gasteiger partial charge in [0, 0.05) is 42.2 Å². The number of pyridine rings is 1. The highest BCUT2D eigenvalue weighted by molar-refractivity contribution is 7.13. The van der Waals surface area contributed by atoms with E-state index in [0.717, 1.165) is 35.2 Å². The Morgan fingerprint density at radius 2 is 1.81 bits per heavy atom. The van der Waals surface area contributed by atoms with Crippen molar-refractivity contribution in [3.63, 3.8) is 0 Å². The van der Waals surface area contributed by atoms with E-state index in [1.807, 2.05) is 60.5 Å². The molecule has 2 saturated heterocycles. The van der Waals surface area contributed by atoms with Crippen molar-refractivity contribution in [1.82, 2.24) is 19.8 Å². The van der Waals surface area contributed by atoms with E-state index in [4.69, 9.17) is 9.72 Å². The van der Waals surface area contributed by atoms with E-state index >= 15 is 0 Å². The lowest BCUT2D eigenvalue weighted by Gasteiger charge is -2.33.